The molecule has 0 aliphatic rings. The smallest absolute Gasteiger partial charge is 0.191 e. The van der Waals surface area contributed by atoms with Crippen molar-refractivity contribution < 1.29 is 4.52 Å². The van der Waals surface area contributed by atoms with E-state index in [1.807, 2.05) is 11.6 Å². The van der Waals surface area contributed by atoms with Crippen LogP contribution in [0.1, 0.15) is 36.7 Å². The van der Waals surface area contributed by atoms with Crippen molar-refractivity contribution in [2.45, 2.75) is 39.8 Å². The van der Waals surface area contributed by atoms with Gasteiger partial charge in [-0.3, -0.25) is 4.99 Å². The molecule has 128 valence electrons. The summed E-state index contributed by atoms with van der Waals surface area (Å²) in [7, 11) is 3.65. The summed E-state index contributed by atoms with van der Waals surface area (Å²) in [5.74, 6) is 2.47. The largest absolute Gasteiger partial charge is 0.361 e. The van der Waals surface area contributed by atoms with E-state index >= 15 is 0 Å². The lowest BCUT2D eigenvalue weighted by molar-refractivity contribution is 0.380. The van der Waals surface area contributed by atoms with Crippen LogP contribution in [0.5, 0.6) is 0 Å². The molecule has 2 aromatic rings. The van der Waals surface area contributed by atoms with Crippen LogP contribution in [0.2, 0.25) is 0 Å². The highest BCUT2D eigenvalue weighted by atomic mass is 127. The molecule has 0 fully saturated rings. The van der Waals surface area contributed by atoms with E-state index in [9.17, 15) is 0 Å². The zero-order valence-corrected chi connectivity index (χ0v) is 16.3. The monoisotopic (exact) mass is 433 g/mol. The predicted octanol–water partition coefficient (Wildman–Crippen LogP) is 1.41. The standard InChI is InChI=1S/C14H23N7O.HI/c1-5-11-10(12(6-2)22-20-11)7-16-14(15-3)17-8-13-19-18-9-21(13)4;/h9H,5-8H2,1-4H3,(H2,15,16,17);1H. The maximum absolute atomic E-state index is 5.36. The second-order valence-corrected chi connectivity index (χ2v) is 4.88. The molecule has 8 nitrogen and oxygen atoms in total. The summed E-state index contributed by atoms with van der Waals surface area (Å²) in [6, 6.07) is 0. The number of hydrogen-bond acceptors (Lipinski definition) is 5. The van der Waals surface area contributed by atoms with Gasteiger partial charge in [0.2, 0.25) is 0 Å². The van der Waals surface area contributed by atoms with E-state index in [0.717, 1.165) is 35.7 Å². The average Bonchev–Trinajstić information content (AvgIpc) is 3.13. The SMILES string of the molecule is CCc1noc(CC)c1CNC(=NC)NCc1nncn1C.I. The quantitative estimate of drug-likeness (QED) is 0.407. The molecule has 0 amide bonds. The van der Waals surface area contributed by atoms with E-state index in [1.165, 1.54) is 0 Å². The van der Waals surface area contributed by atoms with Crippen molar-refractivity contribution in [3.05, 3.63) is 29.2 Å². The first-order valence-corrected chi connectivity index (χ1v) is 7.43. The molecule has 2 N–H and O–H groups in total. The van der Waals surface area contributed by atoms with Gasteiger partial charge in [0.15, 0.2) is 11.8 Å². The lowest BCUT2D eigenvalue weighted by Crippen LogP contribution is -2.37. The van der Waals surface area contributed by atoms with Gasteiger partial charge in [0, 0.05) is 32.6 Å². The van der Waals surface area contributed by atoms with Gasteiger partial charge in [0.05, 0.1) is 12.2 Å². The molecule has 0 radical (unpaired) electrons. The Kier molecular flexibility index (Phi) is 8.00. The first-order chi connectivity index (χ1) is 10.7. The number of aromatic nitrogens is 4. The molecule has 0 aliphatic carbocycles. The van der Waals surface area contributed by atoms with Crippen LogP contribution in [0.3, 0.4) is 0 Å². The summed E-state index contributed by atoms with van der Waals surface area (Å²) in [5.41, 5.74) is 2.11. The summed E-state index contributed by atoms with van der Waals surface area (Å²) in [5, 5.41) is 18.5. The van der Waals surface area contributed by atoms with Gasteiger partial charge in [-0.1, -0.05) is 19.0 Å². The zero-order chi connectivity index (χ0) is 15.9. The van der Waals surface area contributed by atoms with Crippen molar-refractivity contribution >= 4 is 29.9 Å². The molecule has 0 aliphatic heterocycles. The number of guanidine groups is 1. The molecular weight excluding hydrogens is 409 g/mol. The molecule has 9 heteroatoms. The fourth-order valence-electron chi connectivity index (χ4n) is 2.16. The number of hydrogen-bond donors (Lipinski definition) is 2. The van der Waals surface area contributed by atoms with Crippen molar-refractivity contribution in [2.75, 3.05) is 7.05 Å². The molecule has 0 saturated heterocycles. The Balaban J connectivity index is 0.00000264. The van der Waals surface area contributed by atoms with Crippen LogP contribution in [-0.4, -0.2) is 32.9 Å². The first-order valence-electron chi connectivity index (χ1n) is 7.43. The number of nitrogens with one attached hydrogen (secondary N) is 2. The Labute approximate surface area is 153 Å². The number of rotatable bonds is 6. The van der Waals surface area contributed by atoms with Crippen molar-refractivity contribution in [2.24, 2.45) is 12.0 Å². The van der Waals surface area contributed by atoms with Crippen LogP contribution < -0.4 is 10.6 Å². The van der Waals surface area contributed by atoms with Crippen LogP contribution in [0.15, 0.2) is 15.8 Å². The number of aliphatic imine (C=N–C) groups is 1. The topological polar surface area (TPSA) is 93.2 Å². The molecule has 23 heavy (non-hydrogen) atoms. The fraction of sp³-hybridized carbons (Fsp3) is 0.571. The van der Waals surface area contributed by atoms with Gasteiger partial charge in [-0.05, 0) is 6.42 Å². The van der Waals surface area contributed by atoms with Crippen LogP contribution in [0, 0.1) is 0 Å². The Morgan fingerprint density at radius 3 is 2.57 bits per heavy atom. The van der Waals surface area contributed by atoms with Crippen LogP contribution >= 0.6 is 24.0 Å². The number of aryl methyl sites for hydroxylation is 3. The number of halogens is 1. The van der Waals surface area contributed by atoms with E-state index in [-0.39, 0.29) is 24.0 Å². The van der Waals surface area contributed by atoms with E-state index in [4.69, 9.17) is 4.52 Å². The molecule has 0 spiro atoms. The summed E-state index contributed by atoms with van der Waals surface area (Å²) in [6.07, 6.45) is 3.35. The minimum atomic E-state index is 0. The molecule has 0 aromatic carbocycles. The van der Waals surface area contributed by atoms with Gasteiger partial charge in [-0.15, -0.1) is 34.2 Å². The third kappa shape index (κ3) is 4.91. The maximum atomic E-state index is 5.36. The molecule has 2 rings (SSSR count). The summed E-state index contributed by atoms with van der Waals surface area (Å²) in [6.45, 7) is 5.32. The van der Waals surface area contributed by atoms with Crippen LogP contribution in [0.4, 0.5) is 0 Å². The van der Waals surface area contributed by atoms with Gasteiger partial charge in [-0.2, -0.15) is 0 Å². The summed E-state index contributed by atoms with van der Waals surface area (Å²) in [4.78, 5) is 4.21. The third-order valence-electron chi connectivity index (χ3n) is 3.48. The van der Waals surface area contributed by atoms with E-state index < -0.39 is 0 Å². The molecule has 0 saturated carbocycles. The molecule has 2 heterocycles. The highest BCUT2D eigenvalue weighted by Crippen LogP contribution is 2.15. The lowest BCUT2D eigenvalue weighted by Gasteiger charge is -2.11. The highest BCUT2D eigenvalue weighted by Gasteiger charge is 2.13. The summed E-state index contributed by atoms with van der Waals surface area (Å²) < 4.78 is 7.23. The highest BCUT2D eigenvalue weighted by molar-refractivity contribution is 14.0. The van der Waals surface area contributed by atoms with Gasteiger partial charge >= 0.3 is 0 Å². The van der Waals surface area contributed by atoms with Gasteiger partial charge in [0.1, 0.15) is 12.1 Å². The van der Waals surface area contributed by atoms with Crippen LogP contribution in [0.25, 0.3) is 0 Å². The Morgan fingerprint density at radius 1 is 1.26 bits per heavy atom. The van der Waals surface area contributed by atoms with Gasteiger partial charge in [-0.25, -0.2) is 0 Å². The first kappa shape index (κ1) is 19.4. The van der Waals surface area contributed by atoms with Crippen molar-refractivity contribution in [3.8, 4) is 0 Å². The van der Waals surface area contributed by atoms with E-state index in [0.29, 0.717) is 19.0 Å². The minimum absolute atomic E-state index is 0. The third-order valence-corrected chi connectivity index (χ3v) is 3.48. The maximum Gasteiger partial charge on any atom is 0.191 e. The fourth-order valence-corrected chi connectivity index (χ4v) is 2.16. The lowest BCUT2D eigenvalue weighted by atomic mass is 10.1. The van der Waals surface area contributed by atoms with Gasteiger partial charge < -0.3 is 19.7 Å². The Bertz CT molecular complexity index is 613. The molecule has 2 aromatic heterocycles. The van der Waals surface area contributed by atoms with Gasteiger partial charge in [0.25, 0.3) is 0 Å². The van der Waals surface area contributed by atoms with E-state index in [1.54, 1.807) is 13.4 Å². The second-order valence-electron chi connectivity index (χ2n) is 4.88. The summed E-state index contributed by atoms with van der Waals surface area (Å²) >= 11 is 0. The zero-order valence-electron chi connectivity index (χ0n) is 14.0. The predicted molar refractivity (Wildman–Crippen MR) is 98.7 cm³/mol. The second kappa shape index (κ2) is 9.48. The molecular formula is C14H24IN7O. The normalized spacial score (nSPS) is 11.2. The van der Waals surface area contributed by atoms with Crippen LogP contribution in [-0.2, 0) is 33.0 Å². The van der Waals surface area contributed by atoms with Crippen molar-refractivity contribution in [1.82, 2.24) is 30.6 Å². The Hall–Kier alpha value is -1.65. The van der Waals surface area contributed by atoms with Crippen molar-refractivity contribution in [3.63, 3.8) is 0 Å². The minimum Gasteiger partial charge on any atom is -0.361 e. The molecule has 0 unspecified atom stereocenters. The Morgan fingerprint density at radius 2 is 2.00 bits per heavy atom. The number of nitrogens with zero attached hydrogens (tertiary/aromatic N) is 5. The molecule has 0 bridgehead atoms. The molecule has 0 atom stereocenters. The van der Waals surface area contributed by atoms with E-state index in [2.05, 4.69) is 44.8 Å². The van der Waals surface area contributed by atoms with Crippen molar-refractivity contribution in [1.29, 1.82) is 0 Å². The average molecular weight is 433 g/mol.